The number of benzene rings is 1. The van der Waals surface area contributed by atoms with Gasteiger partial charge in [-0.1, -0.05) is 12.1 Å². The smallest absolute Gasteiger partial charge is 0.253 e. The standard InChI is InChI=1S/C17H20N2O3/c1-11-5-6-12-9-13(16(20)18-14(12)8-11)10-19(2)17(21)15-4-3-7-22-15/h5-6,8-9,15H,3-4,7,10H2,1-2H3,(H,18,20)/t15-/m1/s1. The number of hydrogen-bond donors (Lipinski definition) is 1. The van der Waals surface area contributed by atoms with E-state index in [1.807, 2.05) is 31.2 Å². The Bertz CT molecular complexity index is 760. The normalized spacial score (nSPS) is 17.8. The summed E-state index contributed by atoms with van der Waals surface area (Å²) in [7, 11) is 1.71. The van der Waals surface area contributed by atoms with Crippen molar-refractivity contribution in [2.75, 3.05) is 13.7 Å². The molecule has 1 aliphatic rings. The van der Waals surface area contributed by atoms with Crippen LogP contribution >= 0.6 is 0 Å². The van der Waals surface area contributed by atoms with Crippen LogP contribution in [0.15, 0.2) is 29.1 Å². The molecule has 3 rings (SSSR count). The number of fused-ring (bicyclic) bond motifs is 1. The molecule has 1 aliphatic heterocycles. The minimum Gasteiger partial charge on any atom is -0.368 e. The second-order valence-electron chi connectivity index (χ2n) is 5.91. The number of hydrogen-bond acceptors (Lipinski definition) is 3. The molecule has 0 radical (unpaired) electrons. The summed E-state index contributed by atoms with van der Waals surface area (Å²) in [5, 5.41) is 0.971. The average molecular weight is 300 g/mol. The lowest BCUT2D eigenvalue weighted by molar-refractivity contribution is -0.140. The van der Waals surface area contributed by atoms with Crippen molar-refractivity contribution in [3.8, 4) is 0 Å². The summed E-state index contributed by atoms with van der Waals surface area (Å²) in [5.74, 6) is -0.0547. The number of aromatic amines is 1. The summed E-state index contributed by atoms with van der Waals surface area (Å²) >= 11 is 0. The third kappa shape index (κ3) is 2.90. The van der Waals surface area contributed by atoms with E-state index < -0.39 is 0 Å². The lowest BCUT2D eigenvalue weighted by Gasteiger charge is -2.20. The molecule has 0 saturated carbocycles. The number of pyridine rings is 1. The van der Waals surface area contributed by atoms with Crippen molar-refractivity contribution in [3.05, 3.63) is 45.7 Å². The number of nitrogens with one attached hydrogen (secondary N) is 1. The number of rotatable bonds is 3. The summed E-state index contributed by atoms with van der Waals surface area (Å²) in [6, 6.07) is 7.78. The van der Waals surface area contributed by atoms with Gasteiger partial charge in [0.25, 0.3) is 11.5 Å². The lowest BCUT2D eigenvalue weighted by Crippen LogP contribution is -2.36. The molecule has 5 heteroatoms. The minimum atomic E-state index is -0.354. The van der Waals surface area contributed by atoms with E-state index in [4.69, 9.17) is 4.74 Å². The van der Waals surface area contributed by atoms with Crippen LogP contribution in [0, 0.1) is 6.92 Å². The Morgan fingerprint density at radius 3 is 2.95 bits per heavy atom. The molecule has 5 nitrogen and oxygen atoms in total. The molecule has 1 aromatic carbocycles. The fourth-order valence-electron chi connectivity index (χ4n) is 2.83. The molecule has 0 aliphatic carbocycles. The first-order valence-electron chi connectivity index (χ1n) is 7.54. The molecule has 1 saturated heterocycles. The van der Waals surface area contributed by atoms with Gasteiger partial charge in [0.15, 0.2) is 0 Å². The van der Waals surface area contributed by atoms with Crippen LogP contribution in [0.1, 0.15) is 24.0 Å². The van der Waals surface area contributed by atoms with Crippen LogP contribution in [-0.4, -0.2) is 35.5 Å². The summed E-state index contributed by atoms with van der Waals surface area (Å²) in [6.07, 6.45) is 1.32. The van der Waals surface area contributed by atoms with Crippen LogP contribution in [0.3, 0.4) is 0 Å². The Labute approximate surface area is 128 Å². The van der Waals surface area contributed by atoms with Crippen molar-refractivity contribution in [1.29, 1.82) is 0 Å². The first-order valence-corrected chi connectivity index (χ1v) is 7.54. The Kier molecular flexibility index (Phi) is 3.98. The highest BCUT2D eigenvalue weighted by Crippen LogP contribution is 2.16. The van der Waals surface area contributed by atoms with Crippen LogP contribution < -0.4 is 5.56 Å². The highest BCUT2D eigenvalue weighted by molar-refractivity contribution is 5.82. The van der Waals surface area contributed by atoms with E-state index in [2.05, 4.69) is 4.98 Å². The maximum atomic E-state index is 12.3. The zero-order valence-electron chi connectivity index (χ0n) is 12.9. The molecule has 2 aromatic rings. The van der Waals surface area contributed by atoms with E-state index in [0.29, 0.717) is 12.2 Å². The van der Waals surface area contributed by atoms with Gasteiger partial charge >= 0.3 is 0 Å². The molecule has 22 heavy (non-hydrogen) atoms. The van der Waals surface area contributed by atoms with Crippen molar-refractivity contribution < 1.29 is 9.53 Å². The highest BCUT2D eigenvalue weighted by atomic mass is 16.5. The largest absolute Gasteiger partial charge is 0.368 e. The van der Waals surface area contributed by atoms with Crippen LogP contribution in [0.5, 0.6) is 0 Å². The lowest BCUT2D eigenvalue weighted by atomic mass is 10.1. The van der Waals surface area contributed by atoms with E-state index in [1.54, 1.807) is 11.9 Å². The Balaban J connectivity index is 1.83. The van der Waals surface area contributed by atoms with Crippen molar-refractivity contribution in [2.24, 2.45) is 0 Å². The van der Waals surface area contributed by atoms with Gasteiger partial charge in [0.05, 0.1) is 6.54 Å². The van der Waals surface area contributed by atoms with Crippen molar-refractivity contribution in [3.63, 3.8) is 0 Å². The van der Waals surface area contributed by atoms with Crippen LogP contribution in [0.25, 0.3) is 10.9 Å². The van der Waals surface area contributed by atoms with Gasteiger partial charge in [-0.15, -0.1) is 0 Å². The number of carbonyl (C=O) groups excluding carboxylic acids is 1. The number of likely N-dealkylation sites (N-methyl/N-ethyl adjacent to an activating group) is 1. The average Bonchev–Trinajstić information content (AvgIpc) is 3.01. The Morgan fingerprint density at radius 2 is 2.23 bits per heavy atom. The summed E-state index contributed by atoms with van der Waals surface area (Å²) in [6.45, 7) is 2.91. The van der Waals surface area contributed by atoms with Gasteiger partial charge in [0.1, 0.15) is 6.10 Å². The first kappa shape index (κ1) is 14.8. The van der Waals surface area contributed by atoms with Crippen LogP contribution in [-0.2, 0) is 16.1 Å². The molecule has 0 bridgehead atoms. The second-order valence-corrected chi connectivity index (χ2v) is 5.91. The summed E-state index contributed by atoms with van der Waals surface area (Å²) in [4.78, 5) is 28.9. The molecule has 116 valence electrons. The predicted octanol–water partition coefficient (Wildman–Crippen LogP) is 1.97. The number of H-pyrrole nitrogens is 1. The maximum absolute atomic E-state index is 12.3. The number of nitrogens with zero attached hydrogens (tertiary/aromatic N) is 1. The van der Waals surface area contributed by atoms with Crippen molar-refractivity contribution in [1.82, 2.24) is 9.88 Å². The third-order valence-electron chi connectivity index (χ3n) is 4.07. The van der Waals surface area contributed by atoms with Crippen LogP contribution in [0.2, 0.25) is 0 Å². The molecule has 2 heterocycles. The zero-order valence-corrected chi connectivity index (χ0v) is 12.9. The van der Waals surface area contributed by atoms with Crippen LogP contribution in [0.4, 0.5) is 0 Å². The summed E-state index contributed by atoms with van der Waals surface area (Å²) < 4.78 is 5.41. The van der Waals surface area contributed by atoms with E-state index >= 15 is 0 Å². The molecule has 0 spiro atoms. The zero-order chi connectivity index (χ0) is 15.7. The molecule has 1 fully saturated rings. The van der Waals surface area contributed by atoms with Gasteiger partial charge in [-0.05, 0) is 42.8 Å². The highest BCUT2D eigenvalue weighted by Gasteiger charge is 2.26. The fraction of sp³-hybridized carbons (Fsp3) is 0.412. The van der Waals surface area contributed by atoms with E-state index in [-0.39, 0.29) is 24.1 Å². The van der Waals surface area contributed by atoms with Gasteiger partial charge in [-0.3, -0.25) is 9.59 Å². The Morgan fingerprint density at radius 1 is 1.41 bits per heavy atom. The molecule has 1 N–H and O–H groups in total. The van der Waals surface area contributed by atoms with Gasteiger partial charge in [-0.25, -0.2) is 0 Å². The topological polar surface area (TPSA) is 62.4 Å². The molecule has 1 aromatic heterocycles. The van der Waals surface area contributed by atoms with Crippen molar-refractivity contribution >= 4 is 16.8 Å². The van der Waals surface area contributed by atoms with Gasteiger partial charge in [0, 0.05) is 24.7 Å². The van der Waals surface area contributed by atoms with Gasteiger partial charge < -0.3 is 14.6 Å². The van der Waals surface area contributed by atoms with E-state index in [1.165, 1.54) is 0 Å². The molecule has 1 amide bonds. The number of ether oxygens (including phenoxy) is 1. The minimum absolute atomic E-state index is 0.0547. The predicted molar refractivity (Wildman–Crippen MR) is 84.8 cm³/mol. The quantitative estimate of drug-likeness (QED) is 0.942. The molecule has 1 atom stereocenters. The van der Waals surface area contributed by atoms with Gasteiger partial charge in [0.2, 0.25) is 0 Å². The number of aromatic nitrogens is 1. The molecular formula is C17H20N2O3. The van der Waals surface area contributed by atoms with Crippen molar-refractivity contribution in [2.45, 2.75) is 32.4 Å². The second kappa shape index (κ2) is 5.93. The number of carbonyl (C=O) groups is 1. The van der Waals surface area contributed by atoms with E-state index in [0.717, 1.165) is 29.3 Å². The monoisotopic (exact) mass is 300 g/mol. The number of aryl methyl sites for hydroxylation is 1. The SMILES string of the molecule is Cc1ccc2cc(CN(C)C(=O)[C@H]3CCCO3)c(=O)[nH]c2c1. The van der Waals surface area contributed by atoms with E-state index in [9.17, 15) is 9.59 Å². The maximum Gasteiger partial charge on any atom is 0.253 e. The molecular weight excluding hydrogens is 280 g/mol. The summed E-state index contributed by atoms with van der Waals surface area (Å²) in [5.41, 5.74) is 2.36. The van der Waals surface area contributed by atoms with Gasteiger partial charge in [-0.2, -0.15) is 0 Å². The third-order valence-corrected chi connectivity index (χ3v) is 4.07. The Hall–Kier alpha value is -2.14. The fourth-order valence-corrected chi connectivity index (χ4v) is 2.83. The number of amides is 1. The first-order chi connectivity index (χ1) is 10.5. The molecule has 0 unspecified atom stereocenters.